The first-order chi connectivity index (χ1) is 15.5. The first-order valence-corrected chi connectivity index (χ1v) is 11.8. The highest BCUT2D eigenvalue weighted by atomic mass is 32.2. The number of ether oxygens (including phenoxy) is 2. The second-order valence-electron chi connectivity index (χ2n) is 7.28. The smallest absolute Gasteiger partial charge is 0.240 e. The zero-order chi connectivity index (χ0) is 22.4. The van der Waals surface area contributed by atoms with E-state index in [1.54, 1.807) is 6.07 Å². The molecule has 0 aromatic heterocycles. The summed E-state index contributed by atoms with van der Waals surface area (Å²) in [7, 11) is -3.79. The Bertz CT molecular complexity index is 1130. The molecule has 32 heavy (non-hydrogen) atoms. The van der Waals surface area contributed by atoms with Gasteiger partial charge in [-0.1, -0.05) is 60.7 Å². The van der Waals surface area contributed by atoms with E-state index < -0.39 is 10.0 Å². The van der Waals surface area contributed by atoms with Crippen molar-refractivity contribution in [3.05, 3.63) is 90.0 Å². The van der Waals surface area contributed by atoms with E-state index in [4.69, 9.17) is 9.47 Å². The molecule has 2 N–H and O–H groups in total. The molecule has 4 rings (SSSR count). The van der Waals surface area contributed by atoms with Gasteiger partial charge < -0.3 is 14.8 Å². The zero-order valence-electron chi connectivity index (χ0n) is 17.4. The maximum absolute atomic E-state index is 12.6. The van der Waals surface area contributed by atoms with E-state index in [1.165, 1.54) is 12.1 Å². The number of sulfonamides is 1. The van der Waals surface area contributed by atoms with Gasteiger partial charge in [-0.25, -0.2) is 13.1 Å². The molecule has 1 amide bonds. The Labute approximate surface area is 187 Å². The van der Waals surface area contributed by atoms with E-state index in [9.17, 15) is 13.2 Å². The first-order valence-electron chi connectivity index (χ1n) is 10.3. The third-order valence-electron chi connectivity index (χ3n) is 5.04. The summed E-state index contributed by atoms with van der Waals surface area (Å²) in [5, 5.41) is 3.01. The summed E-state index contributed by atoms with van der Waals surface area (Å²) in [5.41, 5.74) is 1.90. The number of hydrogen-bond donors (Lipinski definition) is 2. The topological polar surface area (TPSA) is 93.7 Å². The van der Waals surface area contributed by atoms with Gasteiger partial charge in [-0.2, -0.15) is 0 Å². The highest BCUT2D eigenvalue weighted by Crippen LogP contribution is 2.32. The van der Waals surface area contributed by atoms with E-state index in [0.717, 1.165) is 11.1 Å². The van der Waals surface area contributed by atoms with Crippen molar-refractivity contribution in [3.63, 3.8) is 0 Å². The maximum Gasteiger partial charge on any atom is 0.240 e. The number of hydrogen-bond acceptors (Lipinski definition) is 5. The molecule has 1 aliphatic rings. The van der Waals surface area contributed by atoms with Crippen LogP contribution < -0.4 is 19.5 Å². The molecule has 0 unspecified atom stereocenters. The van der Waals surface area contributed by atoms with Crippen molar-refractivity contribution in [2.75, 3.05) is 19.8 Å². The van der Waals surface area contributed by atoms with Crippen LogP contribution in [0.4, 0.5) is 0 Å². The van der Waals surface area contributed by atoms with Crippen LogP contribution in [-0.4, -0.2) is 34.1 Å². The molecular weight excluding hydrogens is 428 g/mol. The van der Waals surface area contributed by atoms with Gasteiger partial charge in [0.1, 0.15) is 13.2 Å². The minimum atomic E-state index is -3.79. The molecule has 1 aliphatic heterocycles. The third-order valence-corrected chi connectivity index (χ3v) is 6.50. The number of carbonyl (C=O) groups excluding carboxylic acids is 1. The molecule has 0 bridgehead atoms. The zero-order valence-corrected chi connectivity index (χ0v) is 18.2. The van der Waals surface area contributed by atoms with Gasteiger partial charge in [0.05, 0.1) is 10.9 Å². The van der Waals surface area contributed by atoms with E-state index in [2.05, 4.69) is 10.0 Å². The van der Waals surface area contributed by atoms with Crippen LogP contribution in [0, 0.1) is 0 Å². The van der Waals surface area contributed by atoms with Crippen molar-refractivity contribution in [2.24, 2.45) is 0 Å². The Morgan fingerprint density at radius 3 is 2.06 bits per heavy atom. The second-order valence-corrected chi connectivity index (χ2v) is 9.04. The molecule has 0 fully saturated rings. The van der Waals surface area contributed by atoms with E-state index in [-0.39, 0.29) is 29.8 Å². The normalized spacial score (nSPS) is 13.0. The number of rotatable bonds is 8. The Balaban J connectivity index is 1.38. The molecule has 0 radical (unpaired) electrons. The summed E-state index contributed by atoms with van der Waals surface area (Å²) in [6.45, 7) is 0.770. The largest absolute Gasteiger partial charge is 0.486 e. The van der Waals surface area contributed by atoms with Gasteiger partial charge >= 0.3 is 0 Å². The van der Waals surface area contributed by atoms with Crippen molar-refractivity contribution >= 4 is 15.9 Å². The van der Waals surface area contributed by atoms with Crippen molar-refractivity contribution in [1.29, 1.82) is 0 Å². The summed E-state index contributed by atoms with van der Waals surface area (Å²) < 4.78 is 38.6. The quantitative estimate of drug-likeness (QED) is 0.548. The minimum Gasteiger partial charge on any atom is -0.486 e. The van der Waals surface area contributed by atoms with Crippen LogP contribution in [-0.2, 0) is 14.8 Å². The van der Waals surface area contributed by atoms with Gasteiger partial charge in [-0.3, -0.25) is 4.79 Å². The van der Waals surface area contributed by atoms with Gasteiger partial charge in [0.2, 0.25) is 15.9 Å². The fraction of sp³-hybridized carbons (Fsp3) is 0.208. The summed E-state index contributed by atoms with van der Waals surface area (Å²) in [4.78, 5) is 12.7. The summed E-state index contributed by atoms with van der Waals surface area (Å²) in [6.07, 6.45) is -0.0000506. The molecule has 8 heteroatoms. The predicted molar refractivity (Wildman–Crippen MR) is 120 cm³/mol. The van der Waals surface area contributed by atoms with Gasteiger partial charge in [-0.15, -0.1) is 0 Å². The number of fused-ring (bicyclic) bond motifs is 1. The van der Waals surface area contributed by atoms with Crippen molar-refractivity contribution in [2.45, 2.75) is 17.4 Å². The number of benzene rings is 3. The Morgan fingerprint density at radius 1 is 0.844 bits per heavy atom. The lowest BCUT2D eigenvalue weighted by molar-refractivity contribution is -0.121. The highest BCUT2D eigenvalue weighted by molar-refractivity contribution is 7.89. The maximum atomic E-state index is 12.6. The lowest BCUT2D eigenvalue weighted by Crippen LogP contribution is -2.33. The molecule has 3 aromatic carbocycles. The number of carbonyl (C=O) groups is 1. The minimum absolute atomic E-state index is 0.0000506. The van der Waals surface area contributed by atoms with Crippen molar-refractivity contribution < 1.29 is 22.7 Å². The average molecular weight is 453 g/mol. The average Bonchev–Trinajstić information content (AvgIpc) is 2.83. The molecule has 1 heterocycles. The van der Waals surface area contributed by atoms with Crippen LogP contribution in [0.25, 0.3) is 0 Å². The number of nitrogens with one attached hydrogen (secondary N) is 2. The van der Waals surface area contributed by atoms with Crippen LogP contribution in [0.3, 0.4) is 0 Å². The molecule has 3 aromatic rings. The summed E-state index contributed by atoms with van der Waals surface area (Å²) in [6, 6.07) is 23.4. The summed E-state index contributed by atoms with van der Waals surface area (Å²) in [5.74, 6) is 0.653. The molecular formula is C24H24N2O5S. The molecule has 7 nitrogen and oxygen atoms in total. The first kappa shape index (κ1) is 21.9. The Morgan fingerprint density at radius 2 is 1.44 bits per heavy atom. The molecule has 0 atom stereocenters. The Hall–Kier alpha value is -3.36. The van der Waals surface area contributed by atoms with Crippen LogP contribution in [0.1, 0.15) is 23.6 Å². The molecule has 0 saturated heterocycles. The van der Waals surface area contributed by atoms with Crippen molar-refractivity contribution in [1.82, 2.24) is 10.0 Å². The van der Waals surface area contributed by atoms with E-state index >= 15 is 0 Å². The lowest BCUT2D eigenvalue weighted by atomic mass is 9.98. The Kier molecular flexibility index (Phi) is 6.72. The van der Waals surface area contributed by atoms with Gasteiger partial charge in [0.25, 0.3) is 0 Å². The van der Waals surface area contributed by atoms with Gasteiger partial charge in [0, 0.05) is 19.0 Å². The second kappa shape index (κ2) is 9.84. The number of amides is 1. The monoisotopic (exact) mass is 452 g/mol. The van der Waals surface area contributed by atoms with E-state index in [1.807, 2.05) is 60.7 Å². The summed E-state index contributed by atoms with van der Waals surface area (Å²) >= 11 is 0. The SMILES string of the molecule is O=C(CCNS(=O)(=O)c1ccc2c(c1)OCCO2)NC(c1ccccc1)c1ccccc1. The molecule has 0 saturated carbocycles. The van der Waals surface area contributed by atoms with Crippen LogP contribution in [0.15, 0.2) is 83.8 Å². The van der Waals surface area contributed by atoms with Crippen LogP contribution in [0.2, 0.25) is 0 Å². The van der Waals surface area contributed by atoms with Gasteiger partial charge in [-0.05, 0) is 23.3 Å². The molecule has 166 valence electrons. The molecule has 0 aliphatic carbocycles. The van der Waals surface area contributed by atoms with Crippen molar-refractivity contribution in [3.8, 4) is 11.5 Å². The molecule has 0 spiro atoms. The van der Waals surface area contributed by atoms with Crippen LogP contribution in [0.5, 0.6) is 11.5 Å². The van der Waals surface area contributed by atoms with E-state index in [0.29, 0.717) is 24.7 Å². The highest BCUT2D eigenvalue weighted by Gasteiger charge is 2.20. The van der Waals surface area contributed by atoms with Gasteiger partial charge in [0.15, 0.2) is 11.5 Å². The van der Waals surface area contributed by atoms with Crippen LogP contribution >= 0.6 is 0 Å². The predicted octanol–water partition coefficient (Wildman–Crippen LogP) is 3.03. The fourth-order valence-corrected chi connectivity index (χ4v) is 4.50. The standard InChI is InChI=1S/C24H24N2O5S/c27-23(26-24(18-7-3-1-4-8-18)19-9-5-2-6-10-19)13-14-25-32(28,29)20-11-12-21-22(17-20)31-16-15-30-21/h1-12,17,24-25H,13-16H2,(H,26,27). The third kappa shape index (κ3) is 5.27. The lowest BCUT2D eigenvalue weighted by Gasteiger charge is -2.20. The fourth-order valence-electron chi connectivity index (χ4n) is 3.46.